The van der Waals surface area contributed by atoms with Crippen molar-refractivity contribution in [3.8, 4) is 0 Å². The van der Waals surface area contributed by atoms with Crippen LogP contribution in [0.25, 0.3) is 0 Å². The van der Waals surface area contributed by atoms with Crippen LogP contribution in [0.2, 0.25) is 0 Å². The number of nitrogens with two attached hydrogens (primary N) is 1. The normalized spacial score (nSPS) is 12.5. The number of amides is 1. The van der Waals surface area contributed by atoms with E-state index in [-0.39, 0.29) is 12.0 Å². The van der Waals surface area contributed by atoms with E-state index in [0.717, 1.165) is 0 Å². The van der Waals surface area contributed by atoms with E-state index in [9.17, 15) is 4.79 Å². The van der Waals surface area contributed by atoms with E-state index in [4.69, 9.17) is 5.73 Å². The fourth-order valence-electron chi connectivity index (χ4n) is 0.466. The number of guanidine groups is 1. The first-order chi connectivity index (χ1) is 5.61. The van der Waals surface area contributed by atoms with Gasteiger partial charge in [-0.05, 0) is 13.8 Å². The second-order valence-corrected chi connectivity index (χ2v) is 2.47. The SMILES string of the molecule is C/N=C(N)\N=C/N(C=O)C(C)C. The number of nitrogens with zero attached hydrogens (tertiary/aromatic N) is 3. The maximum Gasteiger partial charge on any atom is 0.216 e. The summed E-state index contributed by atoms with van der Waals surface area (Å²) >= 11 is 0. The summed E-state index contributed by atoms with van der Waals surface area (Å²) in [4.78, 5) is 19.1. The molecule has 68 valence electrons. The van der Waals surface area contributed by atoms with Crippen LogP contribution in [-0.2, 0) is 4.79 Å². The Balaban J connectivity index is 4.20. The summed E-state index contributed by atoms with van der Waals surface area (Å²) in [7, 11) is 1.54. The number of rotatable bonds is 3. The molecule has 12 heavy (non-hydrogen) atoms. The summed E-state index contributed by atoms with van der Waals surface area (Å²) in [5, 5.41) is 0. The van der Waals surface area contributed by atoms with E-state index in [0.29, 0.717) is 6.41 Å². The Hall–Kier alpha value is -1.39. The van der Waals surface area contributed by atoms with Crippen LogP contribution in [0.3, 0.4) is 0 Å². The lowest BCUT2D eigenvalue weighted by atomic mass is 10.4. The molecule has 5 heteroatoms. The molecule has 0 spiro atoms. The summed E-state index contributed by atoms with van der Waals surface area (Å²) in [6.45, 7) is 3.75. The van der Waals surface area contributed by atoms with Gasteiger partial charge in [0.2, 0.25) is 12.4 Å². The van der Waals surface area contributed by atoms with Crippen molar-refractivity contribution in [1.82, 2.24) is 4.90 Å². The van der Waals surface area contributed by atoms with Gasteiger partial charge in [0.1, 0.15) is 6.34 Å². The monoisotopic (exact) mass is 170 g/mol. The summed E-state index contributed by atoms with van der Waals surface area (Å²) in [6, 6.07) is 0.0795. The fourth-order valence-corrected chi connectivity index (χ4v) is 0.466. The van der Waals surface area contributed by atoms with Crippen molar-refractivity contribution in [1.29, 1.82) is 0 Å². The minimum atomic E-state index is 0.0795. The van der Waals surface area contributed by atoms with Crippen molar-refractivity contribution in [2.75, 3.05) is 7.05 Å². The molecule has 0 bridgehead atoms. The topological polar surface area (TPSA) is 71.0 Å². The molecule has 0 saturated heterocycles. The minimum Gasteiger partial charge on any atom is -0.368 e. The standard InChI is InChI=1S/C7H14N4O/c1-6(2)11(5-12)4-10-7(8)9-3/h4-6H,1-3H3,(H2,8,9)/b10-4-. The van der Waals surface area contributed by atoms with Crippen LogP contribution < -0.4 is 5.73 Å². The first-order valence-electron chi connectivity index (χ1n) is 3.61. The molecule has 0 atom stereocenters. The van der Waals surface area contributed by atoms with Crippen LogP contribution >= 0.6 is 0 Å². The number of hydrogen-bond donors (Lipinski definition) is 1. The van der Waals surface area contributed by atoms with Gasteiger partial charge in [-0.3, -0.25) is 9.79 Å². The molecule has 0 aliphatic carbocycles. The van der Waals surface area contributed by atoms with Crippen molar-refractivity contribution >= 4 is 18.7 Å². The van der Waals surface area contributed by atoms with E-state index < -0.39 is 0 Å². The molecule has 0 saturated carbocycles. The molecule has 0 aliphatic heterocycles. The molecule has 1 amide bonds. The van der Waals surface area contributed by atoms with Crippen molar-refractivity contribution in [3.05, 3.63) is 0 Å². The molecular weight excluding hydrogens is 156 g/mol. The van der Waals surface area contributed by atoms with E-state index in [1.807, 2.05) is 13.8 Å². The summed E-state index contributed by atoms with van der Waals surface area (Å²) < 4.78 is 0. The smallest absolute Gasteiger partial charge is 0.216 e. The van der Waals surface area contributed by atoms with Gasteiger partial charge in [0.25, 0.3) is 0 Å². The van der Waals surface area contributed by atoms with Crippen LogP contribution in [-0.4, -0.2) is 36.7 Å². The van der Waals surface area contributed by atoms with E-state index in [1.165, 1.54) is 18.3 Å². The van der Waals surface area contributed by atoms with Gasteiger partial charge in [-0.2, -0.15) is 0 Å². The van der Waals surface area contributed by atoms with Gasteiger partial charge in [-0.1, -0.05) is 0 Å². The second kappa shape index (κ2) is 5.29. The first kappa shape index (κ1) is 10.6. The highest BCUT2D eigenvalue weighted by atomic mass is 16.1. The van der Waals surface area contributed by atoms with Gasteiger partial charge in [0.05, 0.1) is 0 Å². The van der Waals surface area contributed by atoms with Crippen molar-refractivity contribution in [3.63, 3.8) is 0 Å². The van der Waals surface area contributed by atoms with Crippen LogP contribution in [0.15, 0.2) is 9.98 Å². The van der Waals surface area contributed by atoms with Crippen LogP contribution in [0, 0.1) is 0 Å². The quantitative estimate of drug-likeness (QED) is 0.363. The second-order valence-electron chi connectivity index (χ2n) is 2.47. The van der Waals surface area contributed by atoms with E-state index >= 15 is 0 Å². The Labute approximate surface area is 72.0 Å². The highest BCUT2D eigenvalue weighted by molar-refractivity contribution is 5.88. The van der Waals surface area contributed by atoms with Crippen LogP contribution in [0.4, 0.5) is 0 Å². The molecule has 0 fully saturated rings. The fraction of sp³-hybridized carbons (Fsp3) is 0.571. The third kappa shape index (κ3) is 3.70. The number of aliphatic imine (C=N–C) groups is 2. The lowest BCUT2D eigenvalue weighted by molar-refractivity contribution is -0.115. The molecule has 0 aromatic rings. The lowest BCUT2D eigenvalue weighted by Gasteiger charge is -2.14. The van der Waals surface area contributed by atoms with Gasteiger partial charge < -0.3 is 10.6 Å². The molecule has 0 radical (unpaired) electrons. The summed E-state index contributed by atoms with van der Waals surface area (Å²) in [6.07, 6.45) is 2.05. The van der Waals surface area contributed by atoms with Gasteiger partial charge >= 0.3 is 0 Å². The maximum absolute atomic E-state index is 10.4. The van der Waals surface area contributed by atoms with Gasteiger partial charge in [0.15, 0.2) is 0 Å². The lowest BCUT2D eigenvalue weighted by Crippen LogP contribution is -2.28. The van der Waals surface area contributed by atoms with Crippen molar-refractivity contribution in [2.45, 2.75) is 19.9 Å². The highest BCUT2D eigenvalue weighted by Gasteiger charge is 2.01. The van der Waals surface area contributed by atoms with Crippen molar-refractivity contribution < 1.29 is 4.79 Å². The van der Waals surface area contributed by atoms with Gasteiger partial charge in [0, 0.05) is 13.1 Å². The predicted molar refractivity (Wildman–Crippen MR) is 49.1 cm³/mol. The molecule has 2 N–H and O–H groups in total. The molecule has 5 nitrogen and oxygen atoms in total. The largest absolute Gasteiger partial charge is 0.368 e. The van der Waals surface area contributed by atoms with Crippen LogP contribution in [0.5, 0.6) is 0 Å². The maximum atomic E-state index is 10.4. The van der Waals surface area contributed by atoms with Crippen molar-refractivity contribution in [2.24, 2.45) is 15.7 Å². The Bertz CT molecular complexity index is 198. The zero-order valence-corrected chi connectivity index (χ0v) is 7.56. The molecule has 0 heterocycles. The average molecular weight is 170 g/mol. The summed E-state index contributed by atoms with van der Waals surface area (Å²) in [5.74, 6) is 0.155. The zero-order chi connectivity index (χ0) is 9.56. The minimum absolute atomic E-state index is 0.0795. The molecule has 0 aromatic heterocycles. The average Bonchev–Trinajstić information content (AvgIpc) is 2.04. The molecular formula is C7H14N4O. The number of carbonyl (C=O) groups is 1. The van der Waals surface area contributed by atoms with E-state index in [2.05, 4.69) is 9.98 Å². The van der Waals surface area contributed by atoms with Gasteiger partial charge in [-0.25, -0.2) is 4.99 Å². The molecule has 0 rings (SSSR count). The Morgan fingerprint density at radius 3 is 2.50 bits per heavy atom. The zero-order valence-electron chi connectivity index (χ0n) is 7.56. The molecule has 0 aliphatic rings. The molecule has 0 aromatic carbocycles. The highest BCUT2D eigenvalue weighted by Crippen LogP contribution is 1.89. The van der Waals surface area contributed by atoms with Gasteiger partial charge in [-0.15, -0.1) is 0 Å². The van der Waals surface area contributed by atoms with E-state index in [1.54, 1.807) is 0 Å². The third-order valence-corrected chi connectivity index (χ3v) is 1.27. The van der Waals surface area contributed by atoms with Crippen LogP contribution in [0.1, 0.15) is 13.8 Å². The Morgan fingerprint density at radius 2 is 2.17 bits per heavy atom. The Morgan fingerprint density at radius 1 is 1.58 bits per heavy atom. The first-order valence-corrected chi connectivity index (χ1v) is 3.61. The third-order valence-electron chi connectivity index (χ3n) is 1.27. The summed E-state index contributed by atoms with van der Waals surface area (Å²) in [5.41, 5.74) is 5.29. The number of carbonyl (C=O) groups excluding carboxylic acids is 1. The predicted octanol–water partition coefficient (Wildman–Crippen LogP) is -0.174. The molecule has 0 unspecified atom stereocenters. The number of hydrogen-bond acceptors (Lipinski definition) is 2. The Kier molecular flexibility index (Phi) is 4.67.